The molecular weight excluding hydrogens is 240 g/mol. The van der Waals surface area contributed by atoms with Crippen molar-refractivity contribution >= 4 is 11.6 Å². The number of aryl methyl sites for hydroxylation is 2. The average Bonchev–Trinajstić information content (AvgIpc) is 2.76. The van der Waals surface area contributed by atoms with E-state index in [0.29, 0.717) is 5.69 Å². The minimum Gasteiger partial charge on any atom is -0.340 e. The van der Waals surface area contributed by atoms with Gasteiger partial charge in [-0.3, -0.25) is 4.79 Å². The maximum absolute atomic E-state index is 12.3. The van der Waals surface area contributed by atoms with Crippen molar-refractivity contribution in [2.45, 2.75) is 33.6 Å². The molecule has 0 bridgehead atoms. The molecule has 0 saturated carbocycles. The molecule has 0 aliphatic carbocycles. The molecule has 0 fully saturated rings. The summed E-state index contributed by atoms with van der Waals surface area (Å²) >= 11 is 0. The Bertz CT molecular complexity index is 603. The van der Waals surface area contributed by atoms with Crippen LogP contribution in [0.2, 0.25) is 0 Å². The van der Waals surface area contributed by atoms with Crippen LogP contribution >= 0.6 is 0 Å². The fourth-order valence-electron chi connectivity index (χ4n) is 2.04. The fraction of sp³-hybridized carbons (Fsp3) is 0.500. The first-order chi connectivity index (χ1) is 9.02. The van der Waals surface area contributed by atoms with Crippen molar-refractivity contribution in [1.29, 1.82) is 0 Å². The van der Waals surface area contributed by atoms with E-state index in [9.17, 15) is 4.79 Å². The van der Waals surface area contributed by atoms with Gasteiger partial charge in [0.15, 0.2) is 5.65 Å². The number of fused-ring (bicyclic) bond motifs is 1. The minimum atomic E-state index is -0.0297. The summed E-state index contributed by atoms with van der Waals surface area (Å²) in [4.78, 5) is 18.4. The van der Waals surface area contributed by atoms with Crippen LogP contribution in [0.5, 0.6) is 0 Å². The topological polar surface area (TPSA) is 50.5 Å². The van der Waals surface area contributed by atoms with E-state index in [2.05, 4.69) is 17.0 Å². The minimum absolute atomic E-state index is 0.0297. The van der Waals surface area contributed by atoms with Crippen molar-refractivity contribution in [3.63, 3.8) is 0 Å². The lowest BCUT2D eigenvalue weighted by Crippen LogP contribution is -2.28. The van der Waals surface area contributed by atoms with Crippen LogP contribution in [0.4, 0.5) is 0 Å². The molecule has 0 aromatic carbocycles. The molecular formula is C14H20N4O. The van der Waals surface area contributed by atoms with Gasteiger partial charge >= 0.3 is 0 Å². The highest BCUT2D eigenvalue weighted by Crippen LogP contribution is 2.10. The van der Waals surface area contributed by atoms with E-state index in [4.69, 9.17) is 0 Å². The van der Waals surface area contributed by atoms with Crippen LogP contribution < -0.4 is 0 Å². The lowest BCUT2D eigenvalue weighted by Gasteiger charge is -2.16. The second kappa shape index (κ2) is 5.38. The Balaban J connectivity index is 2.32. The van der Waals surface area contributed by atoms with Gasteiger partial charge in [0.05, 0.1) is 5.69 Å². The van der Waals surface area contributed by atoms with Gasteiger partial charge in [0.25, 0.3) is 5.91 Å². The number of carbonyl (C=O) groups is 1. The summed E-state index contributed by atoms with van der Waals surface area (Å²) in [5.41, 5.74) is 3.04. The molecule has 0 radical (unpaired) electrons. The highest BCUT2D eigenvalue weighted by molar-refractivity contribution is 5.92. The van der Waals surface area contributed by atoms with Crippen molar-refractivity contribution < 1.29 is 4.79 Å². The summed E-state index contributed by atoms with van der Waals surface area (Å²) in [6.45, 7) is 6.73. The number of hydrogen-bond donors (Lipinski definition) is 0. The molecule has 0 aliphatic heterocycles. The SMILES string of the molecule is CCCCN(C)C(=O)c1cc(C)n2nc(C)cc2n1. The maximum atomic E-state index is 12.3. The Labute approximate surface area is 113 Å². The number of aromatic nitrogens is 3. The Morgan fingerprint density at radius 1 is 1.37 bits per heavy atom. The van der Waals surface area contributed by atoms with E-state index >= 15 is 0 Å². The molecule has 0 atom stereocenters. The number of carbonyl (C=O) groups excluding carboxylic acids is 1. The number of amides is 1. The third-order valence-corrected chi connectivity index (χ3v) is 3.14. The largest absolute Gasteiger partial charge is 0.340 e. The van der Waals surface area contributed by atoms with Crippen molar-refractivity contribution in [3.05, 3.63) is 29.2 Å². The summed E-state index contributed by atoms with van der Waals surface area (Å²) in [7, 11) is 1.82. The molecule has 5 nitrogen and oxygen atoms in total. The van der Waals surface area contributed by atoms with Crippen molar-refractivity contribution in [1.82, 2.24) is 19.5 Å². The summed E-state index contributed by atoms with van der Waals surface area (Å²) < 4.78 is 1.76. The first-order valence-corrected chi connectivity index (χ1v) is 6.62. The highest BCUT2D eigenvalue weighted by Gasteiger charge is 2.15. The first kappa shape index (κ1) is 13.5. The molecule has 0 aliphatic rings. The van der Waals surface area contributed by atoms with E-state index in [1.807, 2.05) is 27.0 Å². The molecule has 0 saturated heterocycles. The van der Waals surface area contributed by atoms with Gasteiger partial charge in [0, 0.05) is 25.4 Å². The molecule has 19 heavy (non-hydrogen) atoms. The number of unbranched alkanes of at least 4 members (excludes halogenated alkanes) is 1. The Morgan fingerprint density at radius 2 is 2.11 bits per heavy atom. The van der Waals surface area contributed by atoms with Gasteiger partial charge in [0.2, 0.25) is 0 Å². The number of hydrogen-bond acceptors (Lipinski definition) is 3. The smallest absolute Gasteiger partial charge is 0.272 e. The first-order valence-electron chi connectivity index (χ1n) is 6.62. The summed E-state index contributed by atoms with van der Waals surface area (Å²) in [6, 6.07) is 3.68. The predicted molar refractivity (Wildman–Crippen MR) is 74.3 cm³/mol. The zero-order chi connectivity index (χ0) is 14.0. The van der Waals surface area contributed by atoms with Gasteiger partial charge < -0.3 is 4.90 Å². The van der Waals surface area contributed by atoms with E-state index in [1.165, 1.54) is 0 Å². The average molecular weight is 260 g/mol. The Morgan fingerprint density at radius 3 is 2.79 bits per heavy atom. The number of rotatable bonds is 4. The van der Waals surface area contributed by atoms with Gasteiger partial charge in [0.1, 0.15) is 5.69 Å². The standard InChI is InChI=1S/C14H20N4O/c1-5-6-7-17(4)14(19)12-9-11(3)18-13(15-12)8-10(2)16-18/h8-9H,5-7H2,1-4H3. The third-order valence-electron chi connectivity index (χ3n) is 3.14. The molecule has 0 spiro atoms. The van der Waals surface area contributed by atoms with Crippen LogP contribution in [0.25, 0.3) is 5.65 Å². The quantitative estimate of drug-likeness (QED) is 0.847. The second-order valence-corrected chi connectivity index (χ2v) is 4.92. The van der Waals surface area contributed by atoms with Gasteiger partial charge in [-0.2, -0.15) is 5.10 Å². The van der Waals surface area contributed by atoms with Crippen LogP contribution in [0.15, 0.2) is 12.1 Å². The van der Waals surface area contributed by atoms with E-state index in [-0.39, 0.29) is 5.91 Å². The van der Waals surface area contributed by atoms with Crippen LogP contribution in [-0.2, 0) is 0 Å². The fourth-order valence-corrected chi connectivity index (χ4v) is 2.04. The predicted octanol–water partition coefficient (Wildman–Crippen LogP) is 2.22. The summed E-state index contributed by atoms with van der Waals surface area (Å²) in [5.74, 6) is -0.0297. The summed E-state index contributed by atoms with van der Waals surface area (Å²) in [5, 5.41) is 4.34. The monoisotopic (exact) mass is 260 g/mol. The molecule has 1 amide bonds. The maximum Gasteiger partial charge on any atom is 0.272 e. The zero-order valence-corrected chi connectivity index (χ0v) is 12.0. The summed E-state index contributed by atoms with van der Waals surface area (Å²) in [6.07, 6.45) is 2.08. The van der Waals surface area contributed by atoms with Crippen molar-refractivity contribution in [3.8, 4) is 0 Å². The van der Waals surface area contributed by atoms with Gasteiger partial charge in [-0.05, 0) is 26.3 Å². The van der Waals surface area contributed by atoms with Gasteiger partial charge in [-0.15, -0.1) is 0 Å². The molecule has 2 aromatic heterocycles. The lowest BCUT2D eigenvalue weighted by molar-refractivity contribution is 0.0787. The van der Waals surface area contributed by atoms with Crippen molar-refractivity contribution in [2.24, 2.45) is 0 Å². The molecule has 0 N–H and O–H groups in total. The molecule has 102 valence electrons. The van der Waals surface area contributed by atoms with Gasteiger partial charge in [-0.1, -0.05) is 13.3 Å². The van der Waals surface area contributed by atoms with E-state index < -0.39 is 0 Å². The normalized spacial score (nSPS) is 10.9. The Hall–Kier alpha value is -1.91. The van der Waals surface area contributed by atoms with Crippen LogP contribution in [0, 0.1) is 13.8 Å². The lowest BCUT2D eigenvalue weighted by atomic mass is 10.2. The Kier molecular flexibility index (Phi) is 3.83. The van der Waals surface area contributed by atoms with Crippen molar-refractivity contribution in [2.75, 3.05) is 13.6 Å². The number of nitrogens with zero attached hydrogens (tertiary/aromatic N) is 4. The molecule has 2 aromatic rings. The second-order valence-electron chi connectivity index (χ2n) is 4.92. The molecule has 5 heteroatoms. The van der Waals surface area contributed by atoms with Gasteiger partial charge in [-0.25, -0.2) is 9.50 Å². The zero-order valence-electron chi connectivity index (χ0n) is 12.0. The van der Waals surface area contributed by atoms with E-state index in [0.717, 1.165) is 36.4 Å². The third kappa shape index (κ3) is 2.75. The molecule has 2 rings (SSSR count). The van der Waals surface area contributed by atoms with E-state index in [1.54, 1.807) is 15.5 Å². The van der Waals surface area contributed by atoms with Crippen LogP contribution in [-0.4, -0.2) is 39.0 Å². The van der Waals surface area contributed by atoms with Crippen LogP contribution in [0.3, 0.4) is 0 Å². The van der Waals surface area contributed by atoms with Crippen LogP contribution in [0.1, 0.15) is 41.6 Å². The highest BCUT2D eigenvalue weighted by atomic mass is 16.2. The molecule has 2 heterocycles. The molecule has 0 unspecified atom stereocenters.